The lowest BCUT2D eigenvalue weighted by Gasteiger charge is -2.09. The second kappa shape index (κ2) is 25.8. The van der Waals surface area contributed by atoms with Crippen molar-refractivity contribution >= 4 is 10.4 Å². The lowest BCUT2D eigenvalue weighted by Crippen LogP contribution is -2.15. The first-order valence-electron chi connectivity index (χ1n) is 10.1. The fraction of sp³-hybridized carbons (Fsp3) is 1.00. The summed E-state index contributed by atoms with van der Waals surface area (Å²) in [4.78, 5) is 0. The molecule has 0 aromatic carbocycles. The van der Waals surface area contributed by atoms with E-state index in [9.17, 15) is 0 Å². The predicted molar refractivity (Wildman–Crippen MR) is 112 cm³/mol. The minimum atomic E-state index is -4.67. The highest BCUT2D eigenvalue weighted by molar-refractivity contribution is 7.79. The van der Waals surface area contributed by atoms with Gasteiger partial charge < -0.3 is 38.3 Å². The molecule has 0 atom stereocenters. The van der Waals surface area contributed by atoms with Crippen molar-refractivity contribution < 1.29 is 55.8 Å². The molecule has 0 aliphatic heterocycles. The Morgan fingerprint density at radius 1 is 0.548 bits per heavy atom. The lowest BCUT2D eigenvalue weighted by atomic mass is 10.2. The number of rotatable bonds is 22. The fourth-order valence-corrected chi connectivity index (χ4v) is 1.70. The lowest BCUT2D eigenvalue weighted by molar-refractivity contribution is -0.0221. The van der Waals surface area contributed by atoms with E-state index in [1.807, 2.05) is 0 Å². The normalized spacial score (nSPS) is 11.5. The highest BCUT2D eigenvalue weighted by Gasteiger charge is 1.95. The first-order valence-corrected chi connectivity index (χ1v) is 11.5. The third kappa shape index (κ3) is 44.1. The van der Waals surface area contributed by atoms with Gasteiger partial charge in [-0.1, -0.05) is 13.8 Å². The van der Waals surface area contributed by atoms with Crippen LogP contribution in [0.4, 0.5) is 0 Å². The molecule has 0 unspecified atom stereocenters. The van der Waals surface area contributed by atoms with Crippen LogP contribution in [-0.4, -0.2) is 122 Å². The minimum absolute atomic E-state index is 0.0376. The maximum absolute atomic E-state index is 8.74. The van der Waals surface area contributed by atoms with Crippen LogP contribution in [0.2, 0.25) is 0 Å². The molecule has 0 saturated heterocycles. The third-order valence-electron chi connectivity index (χ3n) is 2.92. The van der Waals surface area contributed by atoms with Gasteiger partial charge in [0.2, 0.25) is 0 Å². The molecule has 0 aliphatic carbocycles. The van der Waals surface area contributed by atoms with Crippen LogP contribution in [-0.2, 0) is 43.6 Å². The molecule has 0 bridgehead atoms. The van der Waals surface area contributed by atoms with Gasteiger partial charge in [-0.25, -0.2) is 0 Å². The van der Waals surface area contributed by atoms with E-state index >= 15 is 0 Å². The molecule has 0 aromatic rings. The maximum Gasteiger partial charge on any atom is 0.394 e. The summed E-state index contributed by atoms with van der Waals surface area (Å²) < 4.78 is 68.9. The molecular weight excluding hydrogens is 440 g/mol. The molecule has 31 heavy (non-hydrogen) atoms. The Labute approximate surface area is 185 Å². The molecule has 0 rings (SSSR count). The largest absolute Gasteiger partial charge is 0.394 e. The first kappa shape index (κ1) is 32.7. The van der Waals surface area contributed by atoms with Crippen LogP contribution < -0.4 is 0 Å². The Bertz CT molecular complexity index is 425. The molecule has 190 valence electrons. The summed E-state index contributed by atoms with van der Waals surface area (Å²) in [6, 6.07) is 0. The Hall–Kier alpha value is -0.450. The van der Waals surface area contributed by atoms with Gasteiger partial charge in [-0.05, 0) is 5.92 Å². The molecule has 13 heteroatoms. The second-order valence-corrected chi connectivity index (χ2v) is 7.21. The maximum atomic E-state index is 8.74. The Morgan fingerprint density at radius 3 is 1.00 bits per heavy atom. The highest BCUT2D eigenvalue weighted by Crippen LogP contribution is 1.92. The molecule has 0 aromatic heterocycles. The average Bonchev–Trinajstić information content (AvgIpc) is 2.67. The van der Waals surface area contributed by atoms with Crippen molar-refractivity contribution in [3.05, 3.63) is 0 Å². The van der Waals surface area contributed by atoms with Gasteiger partial charge in [-0.2, -0.15) is 8.42 Å². The van der Waals surface area contributed by atoms with Crippen LogP contribution in [0, 0.1) is 5.92 Å². The summed E-state index contributed by atoms with van der Waals surface area (Å²) in [7, 11) is -4.67. The van der Waals surface area contributed by atoms with Crippen molar-refractivity contribution in [2.75, 3.05) is 99.1 Å². The van der Waals surface area contributed by atoms with Crippen molar-refractivity contribution in [3.8, 4) is 0 Å². The van der Waals surface area contributed by atoms with Gasteiger partial charge in [-0.3, -0.25) is 9.11 Å². The Kier molecular flexibility index (Phi) is 27.2. The van der Waals surface area contributed by atoms with E-state index in [2.05, 4.69) is 13.8 Å². The highest BCUT2D eigenvalue weighted by atomic mass is 32.3. The van der Waals surface area contributed by atoms with Crippen LogP contribution in [0.3, 0.4) is 0 Å². The predicted octanol–water partition coefficient (Wildman–Crippen LogP) is 0.0981. The molecule has 0 heterocycles. The van der Waals surface area contributed by atoms with E-state index in [0.29, 0.717) is 91.8 Å². The molecular formula is C18H40O12S. The third-order valence-corrected chi connectivity index (χ3v) is 2.92. The standard InChI is InChI=1S/C18H38O8.H2O4S/c1-18(2)17-26-16-15-25-14-13-24-12-11-23-10-9-22-8-7-21-6-5-20-4-3-19;1-5(2,3)4/h18-19H,3-17H2,1-2H3;(H2,1,2,3,4). The van der Waals surface area contributed by atoms with Crippen molar-refractivity contribution in [1.82, 2.24) is 0 Å². The number of hydrogen-bond donors (Lipinski definition) is 3. The van der Waals surface area contributed by atoms with E-state index in [-0.39, 0.29) is 6.61 Å². The number of ether oxygens (including phenoxy) is 7. The smallest absolute Gasteiger partial charge is 0.394 e. The van der Waals surface area contributed by atoms with E-state index in [1.165, 1.54) is 0 Å². The van der Waals surface area contributed by atoms with Gasteiger partial charge in [0.1, 0.15) is 0 Å². The van der Waals surface area contributed by atoms with Crippen LogP contribution in [0.1, 0.15) is 13.8 Å². The summed E-state index contributed by atoms with van der Waals surface area (Å²) in [5, 5.41) is 8.52. The Morgan fingerprint density at radius 2 is 0.774 bits per heavy atom. The van der Waals surface area contributed by atoms with Gasteiger partial charge in [0, 0.05) is 6.61 Å². The molecule has 0 saturated carbocycles. The van der Waals surface area contributed by atoms with Crippen LogP contribution >= 0.6 is 0 Å². The zero-order chi connectivity index (χ0) is 23.6. The molecule has 0 fully saturated rings. The van der Waals surface area contributed by atoms with Crippen molar-refractivity contribution in [3.63, 3.8) is 0 Å². The van der Waals surface area contributed by atoms with E-state index < -0.39 is 10.4 Å². The zero-order valence-corrected chi connectivity index (χ0v) is 19.4. The van der Waals surface area contributed by atoms with Crippen molar-refractivity contribution in [2.45, 2.75) is 13.8 Å². The van der Waals surface area contributed by atoms with Gasteiger partial charge in [0.25, 0.3) is 0 Å². The SMILES string of the molecule is CC(C)COCCOCCOCCOCCOCCOCCOCCO.O=S(=O)(O)O. The molecule has 0 amide bonds. The molecule has 12 nitrogen and oxygen atoms in total. The Balaban J connectivity index is 0. The van der Waals surface area contributed by atoms with Gasteiger partial charge in [0.15, 0.2) is 0 Å². The molecule has 0 aliphatic rings. The van der Waals surface area contributed by atoms with Gasteiger partial charge in [-0.15, -0.1) is 0 Å². The molecule has 0 radical (unpaired) electrons. The fourth-order valence-electron chi connectivity index (χ4n) is 1.70. The summed E-state index contributed by atoms with van der Waals surface area (Å²) in [6.07, 6.45) is 0. The number of hydrogen-bond acceptors (Lipinski definition) is 10. The van der Waals surface area contributed by atoms with Gasteiger partial charge >= 0.3 is 10.4 Å². The summed E-state index contributed by atoms with van der Waals surface area (Å²) in [5.74, 6) is 0.556. The molecule has 0 spiro atoms. The van der Waals surface area contributed by atoms with Gasteiger partial charge in [0.05, 0.1) is 92.5 Å². The van der Waals surface area contributed by atoms with Crippen LogP contribution in [0.15, 0.2) is 0 Å². The quantitative estimate of drug-likeness (QED) is 0.142. The van der Waals surface area contributed by atoms with Crippen LogP contribution in [0.5, 0.6) is 0 Å². The number of aliphatic hydroxyl groups excluding tert-OH is 1. The van der Waals surface area contributed by atoms with Crippen molar-refractivity contribution in [2.24, 2.45) is 5.92 Å². The van der Waals surface area contributed by atoms with Crippen LogP contribution in [0.25, 0.3) is 0 Å². The monoisotopic (exact) mass is 480 g/mol. The second-order valence-electron chi connectivity index (χ2n) is 6.31. The summed E-state index contributed by atoms with van der Waals surface area (Å²) in [6.45, 7) is 12.0. The first-order chi connectivity index (χ1) is 14.8. The minimum Gasteiger partial charge on any atom is -0.394 e. The topological polar surface area (TPSA) is 159 Å². The van der Waals surface area contributed by atoms with E-state index in [1.54, 1.807) is 0 Å². The van der Waals surface area contributed by atoms with Crippen molar-refractivity contribution in [1.29, 1.82) is 0 Å². The van der Waals surface area contributed by atoms with E-state index in [0.717, 1.165) is 6.61 Å². The molecule has 3 N–H and O–H groups in total. The average molecular weight is 481 g/mol. The summed E-state index contributed by atoms with van der Waals surface area (Å²) >= 11 is 0. The zero-order valence-electron chi connectivity index (χ0n) is 18.6. The summed E-state index contributed by atoms with van der Waals surface area (Å²) in [5.41, 5.74) is 0. The number of aliphatic hydroxyl groups is 1. The van der Waals surface area contributed by atoms with E-state index in [4.69, 9.17) is 55.8 Å².